The van der Waals surface area contributed by atoms with E-state index in [0.717, 1.165) is 24.9 Å². The van der Waals surface area contributed by atoms with Crippen LogP contribution < -0.4 is 4.90 Å². The number of hydrogen-bond donors (Lipinski definition) is 1. The smallest absolute Gasteiger partial charge is 0.249 e. The fourth-order valence-corrected chi connectivity index (χ4v) is 8.60. The van der Waals surface area contributed by atoms with Crippen molar-refractivity contribution in [3.63, 3.8) is 0 Å². The molecule has 3 saturated heterocycles. The first-order chi connectivity index (χ1) is 21.2. The van der Waals surface area contributed by atoms with Gasteiger partial charge in [0.25, 0.3) is 0 Å². The van der Waals surface area contributed by atoms with Crippen LogP contribution in [-0.2, 0) is 19.1 Å². The number of amides is 3. The maximum absolute atomic E-state index is 15.0. The Hall–Kier alpha value is -2.97. The number of aliphatic hydroxyl groups excluding tert-OH is 1. The molecule has 1 N–H and O–H groups in total. The molecule has 3 aliphatic rings. The normalized spacial score (nSPS) is 27.4. The minimum atomic E-state index is -1.10. The van der Waals surface area contributed by atoms with Crippen molar-refractivity contribution in [3.05, 3.63) is 55.6 Å². The van der Waals surface area contributed by atoms with Crippen LogP contribution in [0.5, 0.6) is 0 Å². The Morgan fingerprint density at radius 3 is 2.24 bits per heavy atom. The summed E-state index contributed by atoms with van der Waals surface area (Å²) in [4.78, 5) is 49.5. The van der Waals surface area contributed by atoms with Crippen molar-refractivity contribution in [2.75, 3.05) is 31.1 Å². The first-order valence-corrected chi connectivity index (χ1v) is 16.7. The maximum atomic E-state index is 15.0. The van der Waals surface area contributed by atoms with Gasteiger partial charge in [0, 0.05) is 37.5 Å². The van der Waals surface area contributed by atoms with Gasteiger partial charge in [-0.25, -0.2) is 0 Å². The van der Waals surface area contributed by atoms with Crippen LogP contribution in [0, 0.1) is 17.3 Å². The van der Waals surface area contributed by atoms with E-state index in [-0.39, 0.29) is 29.7 Å². The third-order valence-corrected chi connectivity index (χ3v) is 10.0. The summed E-state index contributed by atoms with van der Waals surface area (Å²) >= 11 is 0. The van der Waals surface area contributed by atoms with Crippen molar-refractivity contribution in [1.29, 1.82) is 0 Å². The van der Waals surface area contributed by atoms with Crippen molar-refractivity contribution in [3.8, 4) is 0 Å². The van der Waals surface area contributed by atoms with Gasteiger partial charge in [-0.1, -0.05) is 64.0 Å². The molecule has 1 aromatic rings. The molecule has 3 amide bonds. The minimum Gasteiger partial charge on any atom is -0.396 e. The molecular formula is C37H55N3O5. The lowest BCUT2D eigenvalue weighted by molar-refractivity contribution is -0.155. The van der Waals surface area contributed by atoms with E-state index in [0.29, 0.717) is 45.3 Å². The molecule has 1 aromatic carbocycles. The highest BCUT2D eigenvalue weighted by Gasteiger charge is 2.78. The van der Waals surface area contributed by atoms with E-state index < -0.39 is 34.6 Å². The predicted molar refractivity (Wildman–Crippen MR) is 179 cm³/mol. The number of nitrogens with zero attached hydrogens (tertiary/aromatic N) is 3. The Balaban J connectivity index is 1.78. The highest BCUT2D eigenvalue weighted by Crippen LogP contribution is 2.63. The molecule has 1 spiro atoms. The van der Waals surface area contributed by atoms with Crippen LogP contribution in [0.3, 0.4) is 0 Å². The second-order valence-electron chi connectivity index (χ2n) is 15.3. The number of carbonyl (C=O) groups is 3. The lowest BCUT2D eigenvalue weighted by Crippen LogP contribution is -2.61. The van der Waals surface area contributed by atoms with Gasteiger partial charge in [-0.05, 0) is 70.4 Å². The van der Waals surface area contributed by atoms with E-state index in [4.69, 9.17) is 4.74 Å². The fraction of sp³-hybridized carbons (Fsp3) is 0.649. The van der Waals surface area contributed by atoms with Crippen molar-refractivity contribution < 1.29 is 24.2 Å². The molecule has 2 bridgehead atoms. The highest BCUT2D eigenvalue weighted by atomic mass is 16.5. The van der Waals surface area contributed by atoms with Gasteiger partial charge in [0.05, 0.1) is 17.4 Å². The lowest BCUT2D eigenvalue weighted by atomic mass is 9.65. The predicted octanol–water partition coefficient (Wildman–Crippen LogP) is 5.75. The van der Waals surface area contributed by atoms with Gasteiger partial charge in [-0.3, -0.25) is 14.4 Å². The SMILES string of the molecule is C=CCN(C(=O)[C@H]1[C@H]2C(=O)N(CCCCCCO)C(C(=O)N(CC=C)C(C)(C)CC(C)(C)C)C23CC[C@]1(C)O3)c1ccccc1. The van der Waals surface area contributed by atoms with Gasteiger partial charge < -0.3 is 24.5 Å². The second-order valence-corrected chi connectivity index (χ2v) is 15.3. The van der Waals surface area contributed by atoms with E-state index in [2.05, 4.69) is 47.8 Å². The van der Waals surface area contributed by atoms with E-state index in [9.17, 15) is 19.5 Å². The Labute approximate surface area is 270 Å². The number of carbonyl (C=O) groups excluding carboxylic acids is 3. The van der Waals surface area contributed by atoms with Crippen LogP contribution >= 0.6 is 0 Å². The Kier molecular flexibility index (Phi) is 10.4. The minimum absolute atomic E-state index is 0.0404. The lowest BCUT2D eigenvalue weighted by Gasteiger charge is -2.45. The molecule has 8 nitrogen and oxygen atoms in total. The molecule has 45 heavy (non-hydrogen) atoms. The number of unbranched alkanes of at least 4 members (excludes halogenated alkanes) is 3. The van der Waals surface area contributed by atoms with Crippen LogP contribution in [0.4, 0.5) is 5.69 Å². The number of fused-ring (bicyclic) bond motifs is 1. The van der Waals surface area contributed by atoms with Crippen LogP contribution in [0.25, 0.3) is 0 Å². The third kappa shape index (κ3) is 6.64. The topological polar surface area (TPSA) is 90.4 Å². The number of likely N-dealkylation sites (tertiary alicyclic amines) is 1. The van der Waals surface area contributed by atoms with Crippen LogP contribution in [0.2, 0.25) is 0 Å². The third-order valence-electron chi connectivity index (χ3n) is 10.0. The zero-order chi connectivity index (χ0) is 33.2. The van der Waals surface area contributed by atoms with Crippen molar-refractivity contribution in [2.24, 2.45) is 17.3 Å². The monoisotopic (exact) mass is 621 g/mol. The number of rotatable bonds is 15. The Morgan fingerprint density at radius 1 is 1.00 bits per heavy atom. The Bertz CT molecular complexity index is 1260. The summed E-state index contributed by atoms with van der Waals surface area (Å²) in [5.41, 5.74) is -1.79. The zero-order valence-corrected chi connectivity index (χ0v) is 28.4. The fourth-order valence-electron chi connectivity index (χ4n) is 8.60. The second kappa shape index (κ2) is 13.4. The molecule has 0 radical (unpaired) electrons. The van der Waals surface area contributed by atoms with E-state index in [1.54, 1.807) is 22.0 Å². The number of aliphatic hydroxyl groups is 1. The largest absolute Gasteiger partial charge is 0.396 e. The molecule has 8 heteroatoms. The maximum Gasteiger partial charge on any atom is 0.249 e. The van der Waals surface area contributed by atoms with Gasteiger partial charge >= 0.3 is 0 Å². The summed E-state index contributed by atoms with van der Waals surface area (Å²) in [6, 6.07) is 8.62. The van der Waals surface area contributed by atoms with E-state index >= 15 is 0 Å². The summed E-state index contributed by atoms with van der Waals surface area (Å²) in [7, 11) is 0. The Morgan fingerprint density at radius 2 is 1.64 bits per heavy atom. The number of ether oxygens (including phenoxy) is 1. The van der Waals surface area contributed by atoms with Crippen molar-refractivity contribution in [1.82, 2.24) is 9.80 Å². The molecule has 0 aromatic heterocycles. The van der Waals surface area contributed by atoms with Crippen LogP contribution in [0.15, 0.2) is 55.6 Å². The average Bonchev–Trinajstić information content (AvgIpc) is 3.53. The quantitative estimate of drug-likeness (QED) is 0.199. The molecule has 248 valence electrons. The first kappa shape index (κ1) is 34.9. The summed E-state index contributed by atoms with van der Waals surface area (Å²) in [6.45, 7) is 21.6. The van der Waals surface area contributed by atoms with Crippen LogP contribution in [-0.4, -0.2) is 81.7 Å². The summed E-state index contributed by atoms with van der Waals surface area (Å²) < 4.78 is 6.95. The van der Waals surface area contributed by atoms with Gasteiger partial charge in [-0.15, -0.1) is 13.2 Å². The standard InChI is InChI=1S/C37H55N3O5/c1-9-22-38(27-18-14-13-15-19-27)31(42)28-29-32(43)39(24-16-11-12-17-25-41)30(37(29)21-20-36(28,8)45-37)33(44)40(23-10-2)35(6,7)26-34(3,4)5/h9-10,13-15,18-19,28-30,41H,1-2,11-12,16-17,20-26H2,3-8H3/t28-,29+,30?,36+,37?/m1/s1. The molecule has 0 saturated carbocycles. The molecule has 3 fully saturated rings. The summed E-state index contributed by atoms with van der Waals surface area (Å²) in [5.74, 6) is -1.98. The first-order valence-electron chi connectivity index (χ1n) is 16.7. The van der Waals surface area contributed by atoms with E-state index in [1.807, 2.05) is 42.2 Å². The molecule has 0 aliphatic carbocycles. The molecule has 2 unspecified atom stereocenters. The van der Waals surface area contributed by atoms with Crippen LogP contribution in [0.1, 0.15) is 86.5 Å². The number of hydrogen-bond acceptors (Lipinski definition) is 5. The molecule has 3 aliphatic heterocycles. The highest BCUT2D eigenvalue weighted by molar-refractivity contribution is 6.03. The molecule has 4 rings (SSSR count). The molecule has 5 atom stereocenters. The van der Waals surface area contributed by atoms with Gasteiger partial charge in [0.2, 0.25) is 17.7 Å². The van der Waals surface area contributed by atoms with Crippen molar-refractivity contribution in [2.45, 2.75) is 109 Å². The number of para-hydroxylation sites is 1. The number of benzene rings is 1. The summed E-state index contributed by atoms with van der Waals surface area (Å²) in [5, 5.41) is 9.27. The van der Waals surface area contributed by atoms with E-state index in [1.165, 1.54) is 0 Å². The van der Waals surface area contributed by atoms with Gasteiger partial charge in [-0.2, -0.15) is 0 Å². The van der Waals surface area contributed by atoms with Crippen molar-refractivity contribution >= 4 is 23.4 Å². The average molecular weight is 622 g/mol. The zero-order valence-electron chi connectivity index (χ0n) is 28.4. The number of anilines is 1. The molecular weight excluding hydrogens is 566 g/mol. The molecule has 3 heterocycles. The summed E-state index contributed by atoms with van der Waals surface area (Å²) in [6.07, 6.45) is 8.41. The van der Waals surface area contributed by atoms with Gasteiger partial charge in [0.1, 0.15) is 11.6 Å². The van der Waals surface area contributed by atoms with Gasteiger partial charge in [0.15, 0.2) is 0 Å².